The molecule has 7 nitrogen and oxygen atoms in total. The van der Waals surface area contributed by atoms with Gasteiger partial charge in [-0.3, -0.25) is 9.59 Å². The molecule has 2 aromatic carbocycles. The summed E-state index contributed by atoms with van der Waals surface area (Å²) >= 11 is 0. The Kier molecular flexibility index (Phi) is 8.17. The Morgan fingerprint density at radius 1 is 1.10 bits per heavy atom. The third kappa shape index (κ3) is 6.30. The predicted molar refractivity (Wildman–Crippen MR) is 119 cm³/mol. The van der Waals surface area contributed by atoms with Gasteiger partial charge in [-0.05, 0) is 80.1 Å². The summed E-state index contributed by atoms with van der Waals surface area (Å²) in [5.74, 6) is -0.551. The Balaban J connectivity index is 1.97. The molecule has 31 heavy (non-hydrogen) atoms. The number of phenolic OH excluding ortho intramolecular Hbond substituents is 1. The molecule has 164 valence electrons. The highest BCUT2D eigenvalue weighted by Gasteiger charge is 2.23. The second kappa shape index (κ2) is 10.6. The topological polar surface area (TPSA) is 128 Å². The van der Waals surface area contributed by atoms with Crippen molar-refractivity contribution in [2.24, 2.45) is 5.73 Å². The van der Waals surface area contributed by atoms with Crippen LogP contribution < -0.4 is 16.4 Å². The molecule has 0 aromatic heterocycles. The third-order valence-electron chi connectivity index (χ3n) is 5.36. The lowest BCUT2D eigenvalue weighted by Crippen LogP contribution is -2.51. The maximum atomic E-state index is 12.6. The minimum atomic E-state index is -0.822. The van der Waals surface area contributed by atoms with E-state index in [0.29, 0.717) is 18.4 Å². The average Bonchev–Trinajstić information content (AvgIpc) is 2.74. The molecule has 5 N–H and O–H groups in total. The summed E-state index contributed by atoms with van der Waals surface area (Å²) in [6.07, 6.45) is 0.970. The van der Waals surface area contributed by atoms with Crippen molar-refractivity contribution in [1.82, 2.24) is 10.6 Å². The lowest BCUT2D eigenvalue weighted by molar-refractivity contribution is -0.129. The first-order chi connectivity index (χ1) is 14.7. The molecule has 7 heteroatoms. The van der Waals surface area contributed by atoms with E-state index >= 15 is 0 Å². The molecule has 2 aromatic rings. The number of nitrogens with zero attached hydrogens (tertiary/aromatic N) is 1. The number of nitriles is 1. The Hall–Kier alpha value is -3.37. The highest BCUT2D eigenvalue weighted by molar-refractivity contribution is 5.89. The summed E-state index contributed by atoms with van der Waals surface area (Å²) in [6.45, 7) is 7.28. The van der Waals surface area contributed by atoms with Gasteiger partial charge < -0.3 is 21.5 Å². The average molecular weight is 423 g/mol. The molecule has 0 spiro atoms. The van der Waals surface area contributed by atoms with Gasteiger partial charge in [0.1, 0.15) is 11.8 Å². The molecular weight excluding hydrogens is 392 g/mol. The van der Waals surface area contributed by atoms with E-state index in [1.807, 2.05) is 32.9 Å². The molecular formula is C24H30N4O3. The largest absolute Gasteiger partial charge is 0.508 e. The van der Waals surface area contributed by atoms with Gasteiger partial charge in [-0.2, -0.15) is 5.26 Å². The zero-order valence-electron chi connectivity index (χ0n) is 18.4. The fourth-order valence-corrected chi connectivity index (χ4v) is 3.50. The van der Waals surface area contributed by atoms with Crippen molar-refractivity contribution in [3.8, 4) is 11.8 Å². The lowest BCUT2D eigenvalue weighted by Gasteiger charge is -2.22. The Morgan fingerprint density at radius 2 is 1.68 bits per heavy atom. The van der Waals surface area contributed by atoms with Crippen LogP contribution in [0.4, 0.5) is 0 Å². The van der Waals surface area contributed by atoms with Crippen LogP contribution in [0.25, 0.3) is 0 Å². The van der Waals surface area contributed by atoms with Crippen molar-refractivity contribution in [2.45, 2.75) is 58.7 Å². The molecule has 0 heterocycles. The number of rotatable bonds is 8. The van der Waals surface area contributed by atoms with Crippen molar-refractivity contribution in [3.63, 3.8) is 0 Å². The molecule has 0 saturated carbocycles. The van der Waals surface area contributed by atoms with Crippen LogP contribution in [0.1, 0.15) is 54.1 Å². The zero-order valence-corrected chi connectivity index (χ0v) is 18.4. The van der Waals surface area contributed by atoms with Crippen LogP contribution in [0, 0.1) is 25.2 Å². The summed E-state index contributed by atoms with van der Waals surface area (Å²) in [5, 5.41) is 24.2. The van der Waals surface area contributed by atoms with Crippen LogP contribution >= 0.6 is 0 Å². The normalized spacial score (nSPS) is 13.5. The van der Waals surface area contributed by atoms with Crippen molar-refractivity contribution in [2.75, 3.05) is 0 Å². The van der Waals surface area contributed by atoms with Gasteiger partial charge in [0.25, 0.3) is 0 Å². The summed E-state index contributed by atoms with van der Waals surface area (Å²) < 4.78 is 0. The monoisotopic (exact) mass is 422 g/mol. The molecule has 0 saturated heterocycles. The number of nitrogens with one attached hydrogen (secondary N) is 2. The minimum absolute atomic E-state index is 0.176. The Morgan fingerprint density at radius 3 is 2.19 bits per heavy atom. The van der Waals surface area contributed by atoms with E-state index in [0.717, 1.165) is 22.3 Å². The first kappa shape index (κ1) is 23.9. The van der Waals surface area contributed by atoms with Crippen LogP contribution in [0.3, 0.4) is 0 Å². The van der Waals surface area contributed by atoms with Gasteiger partial charge in [0, 0.05) is 0 Å². The number of aromatic hydroxyl groups is 1. The molecule has 0 fully saturated rings. The number of nitrogens with two attached hydrogens (primary N) is 1. The summed E-state index contributed by atoms with van der Waals surface area (Å²) in [4.78, 5) is 25.2. The molecule has 0 aliphatic carbocycles. The van der Waals surface area contributed by atoms with Crippen molar-refractivity contribution < 1.29 is 14.7 Å². The van der Waals surface area contributed by atoms with Crippen LogP contribution in [-0.2, 0) is 16.0 Å². The highest BCUT2D eigenvalue weighted by Crippen LogP contribution is 2.22. The molecule has 0 aliphatic heterocycles. The van der Waals surface area contributed by atoms with E-state index in [2.05, 4.69) is 16.7 Å². The van der Waals surface area contributed by atoms with Gasteiger partial charge in [-0.15, -0.1) is 0 Å². The smallest absolute Gasteiger partial charge is 0.242 e. The number of hydrogen-bond acceptors (Lipinski definition) is 5. The molecule has 0 bridgehead atoms. The Bertz CT molecular complexity index is 956. The summed E-state index contributed by atoms with van der Waals surface area (Å²) in [7, 11) is 0. The van der Waals surface area contributed by atoms with Gasteiger partial charge >= 0.3 is 0 Å². The maximum absolute atomic E-state index is 12.6. The minimum Gasteiger partial charge on any atom is -0.508 e. The third-order valence-corrected chi connectivity index (χ3v) is 5.36. The highest BCUT2D eigenvalue weighted by atomic mass is 16.3. The number of aryl methyl sites for hydroxylation is 2. The van der Waals surface area contributed by atoms with Crippen molar-refractivity contribution in [3.05, 3.63) is 64.2 Å². The van der Waals surface area contributed by atoms with Gasteiger partial charge in [0.05, 0.1) is 23.7 Å². The number of amides is 2. The number of carbonyl (C=O) groups is 2. The van der Waals surface area contributed by atoms with Gasteiger partial charge in [-0.1, -0.05) is 19.1 Å². The lowest BCUT2D eigenvalue weighted by atomic mass is 9.96. The summed E-state index contributed by atoms with van der Waals surface area (Å²) in [6, 6.07) is 10.6. The van der Waals surface area contributed by atoms with E-state index in [9.17, 15) is 14.7 Å². The van der Waals surface area contributed by atoms with Crippen LogP contribution in [0.5, 0.6) is 5.75 Å². The predicted octanol–water partition coefficient (Wildman–Crippen LogP) is 2.52. The molecule has 2 amide bonds. The molecule has 0 radical (unpaired) electrons. The molecule has 2 rings (SSSR count). The van der Waals surface area contributed by atoms with Crippen LogP contribution in [-0.4, -0.2) is 29.0 Å². The van der Waals surface area contributed by atoms with Crippen LogP contribution in [0.2, 0.25) is 0 Å². The van der Waals surface area contributed by atoms with Crippen molar-refractivity contribution in [1.29, 1.82) is 5.26 Å². The summed E-state index contributed by atoms with van der Waals surface area (Å²) in [5.41, 5.74) is 10.2. The zero-order chi connectivity index (χ0) is 23.1. The van der Waals surface area contributed by atoms with E-state index in [1.165, 1.54) is 0 Å². The van der Waals surface area contributed by atoms with Gasteiger partial charge in [0.2, 0.25) is 11.8 Å². The first-order valence-electron chi connectivity index (χ1n) is 10.3. The van der Waals surface area contributed by atoms with Gasteiger partial charge in [0.15, 0.2) is 0 Å². The number of carbonyl (C=O) groups excluding carboxylic acids is 2. The van der Waals surface area contributed by atoms with E-state index in [1.54, 1.807) is 31.2 Å². The van der Waals surface area contributed by atoms with E-state index in [-0.39, 0.29) is 17.7 Å². The number of phenols is 1. The maximum Gasteiger partial charge on any atom is 0.242 e. The van der Waals surface area contributed by atoms with Crippen molar-refractivity contribution >= 4 is 11.8 Å². The fraction of sp³-hybridized carbons (Fsp3) is 0.375. The fourth-order valence-electron chi connectivity index (χ4n) is 3.50. The Labute approximate surface area is 183 Å². The van der Waals surface area contributed by atoms with Gasteiger partial charge in [-0.25, -0.2) is 0 Å². The van der Waals surface area contributed by atoms with E-state index in [4.69, 9.17) is 11.0 Å². The molecule has 3 atom stereocenters. The van der Waals surface area contributed by atoms with E-state index < -0.39 is 18.0 Å². The molecule has 2 unspecified atom stereocenters. The number of benzene rings is 2. The second-order valence-corrected chi connectivity index (χ2v) is 7.80. The molecule has 0 aliphatic rings. The number of hydrogen-bond donors (Lipinski definition) is 4. The first-order valence-corrected chi connectivity index (χ1v) is 10.3. The second-order valence-electron chi connectivity index (χ2n) is 7.80. The quantitative estimate of drug-likeness (QED) is 0.520. The standard InChI is InChI=1S/C24H30N4O3/c1-5-22(18-8-6-17(13-25)7-9-18)28-23(30)16(4)27-24(31)21(26)12-20-14(2)10-19(29)11-15(20)3/h6-11,16,21-22,29H,5,12,26H2,1-4H3,(H,27,31)(H,28,30)/t16-,21?,22?/m1/s1. The van der Waals surface area contributed by atoms with Crippen LogP contribution in [0.15, 0.2) is 36.4 Å². The SMILES string of the molecule is CCC(NC(=O)[C@@H](C)NC(=O)C(N)Cc1c(C)cc(O)cc1C)c1ccc(C#N)cc1.